The monoisotopic (exact) mass is 339 g/mol. The number of aryl methyl sites for hydroxylation is 1. The van der Waals surface area contributed by atoms with Gasteiger partial charge in [0.05, 0.1) is 0 Å². The van der Waals surface area contributed by atoms with Crippen molar-refractivity contribution in [3.63, 3.8) is 0 Å². The molecular weight excluding hydrogens is 322 g/mol. The number of carbonyl (C=O) groups is 1. The van der Waals surface area contributed by atoms with Gasteiger partial charge in [0.1, 0.15) is 29.5 Å². The maximum Gasteiger partial charge on any atom is 0.273 e. The quantitative estimate of drug-likeness (QED) is 0.557. The van der Waals surface area contributed by atoms with E-state index in [1.165, 1.54) is 6.33 Å². The van der Waals surface area contributed by atoms with E-state index in [1.807, 2.05) is 18.2 Å². The highest BCUT2D eigenvalue weighted by Crippen LogP contribution is 2.13. The Kier molecular flexibility index (Phi) is 5.15. The summed E-state index contributed by atoms with van der Waals surface area (Å²) in [7, 11) is 0. The van der Waals surface area contributed by atoms with E-state index in [4.69, 9.17) is 4.52 Å². The maximum atomic E-state index is 11.8. The van der Waals surface area contributed by atoms with Crippen LogP contribution in [0.2, 0.25) is 0 Å². The van der Waals surface area contributed by atoms with E-state index in [0.717, 1.165) is 0 Å². The van der Waals surface area contributed by atoms with Crippen LogP contribution in [0.15, 0.2) is 47.4 Å². The van der Waals surface area contributed by atoms with Crippen LogP contribution in [0, 0.1) is 6.92 Å². The number of aromatic nitrogens is 4. The van der Waals surface area contributed by atoms with E-state index >= 15 is 0 Å². The minimum absolute atomic E-state index is 0.265. The lowest BCUT2D eigenvalue weighted by Gasteiger charge is -2.08. The molecule has 3 aromatic heterocycles. The van der Waals surface area contributed by atoms with Gasteiger partial charge in [-0.1, -0.05) is 11.2 Å². The number of hydrogen-bond acceptors (Lipinski definition) is 8. The van der Waals surface area contributed by atoms with Gasteiger partial charge >= 0.3 is 0 Å². The van der Waals surface area contributed by atoms with Gasteiger partial charge in [0.2, 0.25) is 0 Å². The summed E-state index contributed by atoms with van der Waals surface area (Å²) in [6, 6.07) is 8.91. The minimum atomic E-state index is -0.279. The molecule has 1 amide bonds. The summed E-state index contributed by atoms with van der Waals surface area (Å²) in [6.45, 7) is 2.65. The highest BCUT2D eigenvalue weighted by Gasteiger charge is 2.09. The molecule has 25 heavy (non-hydrogen) atoms. The van der Waals surface area contributed by atoms with Crippen LogP contribution in [0.25, 0.3) is 0 Å². The van der Waals surface area contributed by atoms with Crippen molar-refractivity contribution < 1.29 is 9.32 Å². The van der Waals surface area contributed by atoms with Crippen molar-refractivity contribution in [3.8, 4) is 0 Å². The predicted octanol–water partition coefficient (Wildman–Crippen LogP) is 1.75. The molecule has 3 heterocycles. The van der Waals surface area contributed by atoms with Crippen molar-refractivity contribution in [2.75, 3.05) is 23.7 Å². The Hall–Kier alpha value is -3.49. The third kappa shape index (κ3) is 4.74. The first-order chi connectivity index (χ1) is 12.2. The lowest BCUT2D eigenvalue weighted by Crippen LogP contribution is -2.29. The summed E-state index contributed by atoms with van der Waals surface area (Å²) >= 11 is 0. The topological polar surface area (TPSA) is 118 Å². The van der Waals surface area contributed by atoms with E-state index in [0.29, 0.717) is 36.3 Å². The first-order valence-electron chi connectivity index (χ1n) is 7.66. The molecule has 0 saturated carbocycles. The second-order valence-electron chi connectivity index (χ2n) is 5.13. The van der Waals surface area contributed by atoms with E-state index in [2.05, 4.69) is 36.1 Å². The summed E-state index contributed by atoms with van der Waals surface area (Å²) in [6.07, 6.45) is 3.14. The summed E-state index contributed by atoms with van der Waals surface area (Å²) in [5.41, 5.74) is 0.265. The molecule has 0 atom stereocenters. The summed E-state index contributed by atoms with van der Waals surface area (Å²) in [5, 5.41) is 12.6. The lowest BCUT2D eigenvalue weighted by atomic mass is 10.3. The summed E-state index contributed by atoms with van der Waals surface area (Å²) in [4.78, 5) is 24.3. The van der Waals surface area contributed by atoms with Gasteiger partial charge in [-0.05, 0) is 19.1 Å². The van der Waals surface area contributed by atoms with Crippen molar-refractivity contribution in [1.82, 2.24) is 25.4 Å². The largest absolute Gasteiger partial charge is 0.368 e. The van der Waals surface area contributed by atoms with Crippen LogP contribution in [0.5, 0.6) is 0 Å². The van der Waals surface area contributed by atoms with Crippen molar-refractivity contribution >= 4 is 23.4 Å². The Morgan fingerprint density at radius 2 is 1.96 bits per heavy atom. The van der Waals surface area contributed by atoms with Gasteiger partial charge < -0.3 is 20.5 Å². The Morgan fingerprint density at radius 1 is 1.08 bits per heavy atom. The fourth-order valence-electron chi connectivity index (χ4n) is 2.02. The van der Waals surface area contributed by atoms with Gasteiger partial charge in [0, 0.05) is 31.4 Å². The van der Waals surface area contributed by atoms with Crippen LogP contribution in [-0.4, -0.2) is 39.1 Å². The molecule has 0 fully saturated rings. The van der Waals surface area contributed by atoms with Crippen molar-refractivity contribution in [2.45, 2.75) is 6.92 Å². The van der Waals surface area contributed by atoms with Crippen LogP contribution in [0.4, 0.5) is 17.5 Å². The van der Waals surface area contributed by atoms with Crippen LogP contribution in [0.1, 0.15) is 16.2 Å². The number of rotatable bonds is 7. The fraction of sp³-hybridized carbons (Fsp3) is 0.188. The van der Waals surface area contributed by atoms with Crippen molar-refractivity contribution in [1.29, 1.82) is 0 Å². The highest BCUT2D eigenvalue weighted by molar-refractivity contribution is 5.92. The lowest BCUT2D eigenvalue weighted by molar-refractivity contribution is 0.0946. The molecule has 0 spiro atoms. The molecule has 0 unspecified atom stereocenters. The molecule has 0 aliphatic carbocycles. The van der Waals surface area contributed by atoms with E-state index < -0.39 is 0 Å². The first-order valence-corrected chi connectivity index (χ1v) is 7.66. The highest BCUT2D eigenvalue weighted by atomic mass is 16.5. The fourth-order valence-corrected chi connectivity index (χ4v) is 2.02. The Bertz CT molecular complexity index is 835. The third-order valence-corrected chi connectivity index (χ3v) is 3.17. The first kappa shape index (κ1) is 16.4. The number of anilines is 3. The number of carbonyl (C=O) groups excluding carboxylic acids is 1. The van der Waals surface area contributed by atoms with E-state index in [1.54, 1.807) is 25.3 Å². The molecular formula is C16H17N7O2. The number of nitrogens with one attached hydrogen (secondary N) is 3. The molecule has 3 N–H and O–H groups in total. The molecule has 0 aliphatic rings. The van der Waals surface area contributed by atoms with Crippen molar-refractivity contribution in [3.05, 3.63) is 54.3 Å². The van der Waals surface area contributed by atoms with Gasteiger partial charge in [-0.25, -0.2) is 15.0 Å². The second-order valence-corrected chi connectivity index (χ2v) is 5.13. The number of hydrogen-bond donors (Lipinski definition) is 3. The molecule has 0 bridgehead atoms. The van der Waals surface area contributed by atoms with E-state index in [9.17, 15) is 4.79 Å². The molecule has 9 nitrogen and oxygen atoms in total. The Labute approximate surface area is 143 Å². The Balaban J connectivity index is 1.47. The molecule has 9 heteroatoms. The molecule has 3 aromatic rings. The average Bonchev–Trinajstić information content (AvgIpc) is 3.06. The SMILES string of the molecule is Cc1cc(C(=O)NCCNc2cc(Nc3ccccn3)ncn2)no1. The minimum Gasteiger partial charge on any atom is -0.368 e. The molecule has 0 radical (unpaired) electrons. The van der Waals surface area contributed by atoms with Crippen LogP contribution < -0.4 is 16.0 Å². The normalized spacial score (nSPS) is 10.3. The molecule has 3 rings (SSSR count). The predicted molar refractivity (Wildman–Crippen MR) is 91.6 cm³/mol. The van der Waals surface area contributed by atoms with Gasteiger partial charge in [0.25, 0.3) is 5.91 Å². The molecule has 0 aliphatic heterocycles. The van der Waals surface area contributed by atoms with Gasteiger partial charge in [0.15, 0.2) is 5.69 Å². The summed E-state index contributed by atoms with van der Waals surface area (Å²) in [5.74, 6) is 2.27. The Morgan fingerprint density at radius 3 is 2.72 bits per heavy atom. The average molecular weight is 339 g/mol. The smallest absolute Gasteiger partial charge is 0.273 e. The third-order valence-electron chi connectivity index (χ3n) is 3.17. The summed E-state index contributed by atoms with van der Waals surface area (Å²) < 4.78 is 4.87. The zero-order valence-corrected chi connectivity index (χ0v) is 13.6. The molecule has 0 aromatic carbocycles. The molecule has 0 saturated heterocycles. The zero-order valence-electron chi connectivity index (χ0n) is 13.6. The number of pyridine rings is 1. The standard InChI is InChI=1S/C16H17N7O2/c1-11-8-12(23-25-11)16(24)19-7-6-18-14-9-15(21-10-20-14)22-13-4-2-3-5-17-13/h2-5,8-10H,6-7H2,1H3,(H,19,24)(H2,17,18,20,21,22). The second kappa shape index (κ2) is 7.86. The van der Waals surface area contributed by atoms with E-state index in [-0.39, 0.29) is 11.6 Å². The van der Waals surface area contributed by atoms with Crippen LogP contribution >= 0.6 is 0 Å². The molecule has 128 valence electrons. The number of amides is 1. The number of nitrogens with zero attached hydrogens (tertiary/aromatic N) is 4. The van der Waals surface area contributed by atoms with Crippen LogP contribution in [-0.2, 0) is 0 Å². The van der Waals surface area contributed by atoms with Gasteiger partial charge in [-0.3, -0.25) is 4.79 Å². The zero-order chi connectivity index (χ0) is 17.5. The maximum absolute atomic E-state index is 11.8. The van der Waals surface area contributed by atoms with Gasteiger partial charge in [-0.2, -0.15) is 0 Å². The van der Waals surface area contributed by atoms with Crippen molar-refractivity contribution in [2.24, 2.45) is 0 Å². The van der Waals surface area contributed by atoms with Gasteiger partial charge in [-0.15, -0.1) is 0 Å². The van der Waals surface area contributed by atoms with Crippen LogP contribution in [0.3, 0.4) is 0 Å².